The van der Waals surface area contributed by atoms with Gasteiger partial charge in [0.05, 0.1) is 0 Å². The average Bonchev–Trinajstić information content (AvgIpc) is 3.41. The number of fused-ring (bicyclic) bond motifs is 2. The fraction of sp³-hybridized carbons (Fsp3) is 0.375. The van der Waals surface area contributed by atoms with E-state index in [1.807, 2.05) is 23.1 Å². The van der Waals surface area contributed by atoms with E-state index in [0.717, 1.165) is 53.7 Å². The van der Waals surface area contributed by atoms with E-state index in [1.54, 1.807) is 12.1 Å². The first kappa shape index (κ1) is 18.4. The number of aromatic amines is 1. The summed E-state index contributed by atoms with van der Waals surface area (Å²) in [6.45, 7) is 1.67. The van der Waals surface area contributed by atoms with E-state index in [1.165, 1.54) is 12.1 Å². The van der Waals surface area contributed by atoms with Crippen LogP contribution in [0.25, 0.3) is 22.2 Å². The van der Waals surface area contributed by atoms with Crippen LogP contribution in [0.3, 0.4) is 0 Å². The van der Waals surface area contributed by atoms with Gasteiger partial charge in [-0.3, -0.25) is 4.79 Å². The lowest BCUT2D eigenvalue weighted by Crippen LogP contribution is -2.33. The summed E-state index contributed by atoms with van der Waals surface area (Å²) in [5.74, 6) is 1.01. The summed E-state index contributed by atoms with van der Waals surface area (Å²) in [6, 6.07) is 14.9. The van der Waals surface area contributed by atoms with E-state index in [-0.39, 0.29) is 17.8 Å². The second-order valence-electron chi connectivity index (χ2n) is 8.49. The van der Waals surface area contributed by atoms with Crippen molar-refractivity contribution >= 4 is 16.8 Å². The summed E-state index contributed by atoms with van der Waals surface area (Å²) in [5.41, 5.74) is 10.3. The molecule has 1 aromatic heterocycles. The maximum atomic E-state index is 13.4. The first-order valence-corrected chi connectivity index (χ1v) is 10.5. The number of H-pyrrole nitrogens is 1. The topological polar surface area (TPSA) is 62.1 Å². The molecule has 2 aromatic carbocycles. The molecule has 5 heteroatoms. The number of aromatic nitrogens is 1. The van der Waals surface area contributed by atoms with Gasteiger partial charge in [-0.05, 0) is 72.6 Å². The molecule has 4 nitrogen and oxygen atoms in total. The lowest BCUT2D eigenvalue weighted by atomic mass is 9.98. The van der Waals surface area contributed by atoms with E-state index >= 15 is 0 Å². The van der Waals surface area contributed by atoms with E-state index in [4.69, 9.17) is 5.73 Å². The van der Waals surface area contributed by atoms with Gasteiger partial charge in [0.2, 0.25) is 5.91 Å². The molecule has 1 amide bonds. The van der Waals surface area contributed by atoms with Gasteiger partial charge in [0.15, 0.2) is 0 Å². The zero-order valence-electron chi connectivity index (χ0n) is 16.4. The van der Waals surface area contributed by atoms with Gasteiger partial charge in [-0.1, -0.05) is 18.2 Å². The summed E-state index contributed by atoms with van der Waals surface area (Å²) < 4.78 is 13.4. The highest BCUT2D eigenvalue weighted by atomic mass is 19.1. The molecular weight excluding hydrogens is 365 g/mol. The molecule has 0 radical (unpaired) electrons. The third-order valence-electron chi connectivity index (χ3n) is 6.80. The predicted molar refractivity (Wildman–Crippen MR) is 113 cm³/mol. The number of nitrogens with two attached hydrogens (primary N) is 1. The largest absolute Gasteiger partial charge is 0.354 e. The molecule has 150 valence electrons. The highest BCUT2D eigenvalue weighted by molar-refractivity contribution is 5.91. The Balaban J connectivity index is 1.38. The van der Waals surface area contributed by atoms with Gasteiger partial charge in [0.25, 0.3) is 0 Å². The molecule has 2 aliphatic rings. The lowest BCUT2D eigenvalue weighted by molar-refractivity contribution is -0.130. The molecule has 2 heterocycles. The van der Waals surface area contributed by atoms with E-state index in [0.29, 0.717) is 24.7 Å². The predicted octanol–water partition coefficient (Wildman–Crippen LogP) is 4.10. The minimum atomic E-state index is -0.251. The SMILES string of the molecule is NC1CCC2CN(C(=O)CCc3c(-c4ccc(F)cc4)[nH]c4ccccc34)CC12. The Morgan fingerprint density at radius 2 is 1.90 bits per heavy atom. The summed E-state index contributed by atoms with van der Waals surface area (Å²) in [7, 11) is 0. The van der Waals surface area contributed by atoms with Crippen LogP contribution in [0.4, 0.5) is 4.39 Å². The third kappa shape index (κ3) is 3.33. The Kier molecular flexibility index (Phi) is 4.63. The number of nitrogens with one attached hydrogen (secondary N) is 1. The first-order valence-electron chi connectivity index (χ1n) is 10.5. The Labute approximate surface area is 169 Å². The number of para-hydroxylation sites is 1. The standard InChI is InChI=1S/C24H26FN3O/c25-17-8-5-15(6-9-17)24-19(18-3-1-2-4-22(18)27-24)10-12-23(29)28-13-16-7-11-21(26)20(16)14-28/h1-6,8-9,16,20-21,27H,7,10-14,26H2. The molecular formula is C24H26FN3O. The van der Waals surface area contributed by atoms with Crippen molar-refractivity contribution in [2.45, 2.75) is 31.7 Å². The number of halogens is 1. The zero-order valence-corrected chi connectivity index (χ0v) is 16.4. The maximum absolute atomic E-state index is 13.4. The van der Waals surface area contributed by atoms with Gasteiger partial charge < -0.3 is 15.6 Å². The number of rotatable bonds is 4. The summed E-state index contributed by atoms with van der Waals surface area (Å²) in [4.78, 5) is 18.4. The number of hydrogen-bond acceptors (Lipinski definition) is 2. The monoisotopic (exact) mass is 391 g/mol. The molecule has 1 saturated carbocycles. The van der Waals surface area contributed by atoms with Crippen molar-refractivity contribution in [1.82, 2.24) is 9.88 Å². The number of benzene rings is 2. The van der Waals surface area contributed by atoms with Gasteiger partial charge in [0.1, 0.15) is 5.82 Å². The number of hydrogen-bond donors (Lipinski definition) is 2. The number of amides is 1. The van der Waals surface area contributed by atoms with Crippen molar-refractivity contribution in [3.8, 4) is 11.3 Å². The summed E-state index contributed by atoms with van der Waals surface area (Å²) in [5, 5.41) is 1.12. The second-order valence-corrected chi connectivity index (χ2v) is 8.49. The van der Waals surface area contributed by atoms with Crippen molar-refractivity contribution in [3.05, 3.63) is 59.9 Å². The lowest BCUT2D eigenvalue weighted by Gasteiger charge is -2.19. The molecule has 3 N–H and O–H groups in total. The van der Waals surface area contributed by atoms with Crippen LogP contribution in [0.1, 0.15) is 24.8 Å². The maximum Gasteiger partial charge on any atom is 0.222 e. The molecule has 2 fully saturated rings. The molecule has 29 heavy (non-hydrogen) atoms. The molecule has 0 bridgehead atoms. The van der Waals surface area contributed by atoms with Crippen LogP contribution in [0.15, 0.2) is 48.5 Å². The molecule has 3 atom stereocenters. The normalized spacial score (nSPS) is 23.7. The van der Waals surface area contributed by atoms with Crippen molar-refractivity contribution in [1.29, 1.82) is 0 Å². The zero-order chi connectivity index (χ0) is 20.0. The number of likely N-dealkylation sites (tertiary alicyclic amines) is 1. The van der Waals surface area contributed by atoms with E-state index < -0.39 is 0 Å². The number of nitrogens with zero attached hydrogens (tertiary/aromatic N) is 1. The van der Waals surface area contributed by atoms with Crippen LogP contribution in [0.5, 0.6) is 0 Å². The average molecular weight is 391 g/mol. The van der Waals surface area contributed by atoms with Gasteiger partial charge in [-0.2, -0.15) is 0 Å². The van der Waals surface area contributed by atoms with Gasteiger partial charge in [-0.25, -0.2) is 4.39 Å². The number of aryl methyl sites for hydroxylation is 1. The van der Waals surface area contributed by atoms with Crippen molar-refractivity contribution in [3.63, 3.8) is 0 Å². The second kappa shape index (κ2) is 7.30. The van der Waals surface area contributed by atoms with Crippen molar-refractivity contribution < 1.29 is 9.18 Å². The van der Waals surface area contributed by atoms with E-state index in [2.05, 4.69) is 11.1 Å². The quantitative estimate of drug-likeness (QED) is 0.703. The molecule has 1 saturated heterocycles. The van der Waals surface area contributed by atoms with Gasteiger partial charge in [-0.15, -0.1) is 0 Å². The smallest absolute Gasteiger partial charge is 0.222 e. The molecule has 1 aliphatic heterocycles. The summed E-state index contributed by atoms with van der Waals surface area (Å²) >= 11 is 0. The summed E-state index contributed by atoms with van der Waals surface area (Å²) in [6.07, 6.45) is 3.37. The van der Waals surface area contributed by atoms with E-state index in [9.17, 15) is 9.18 Å². The van der Waals surface area contributed by atoms with Gasteiger partial charge >= 0.3 is 0 Å². The number of carbonyl (C=O) groups is 1. The minimum Gasteiger partial charge on any atom is -0.354 e. The highest BCUT2D eigenvalue weighted by Gasteiger charge is 2.42. The Bertz CT molecular complexity index is 1040. The Morgan fingerprint density at radius 3 is 2.69 bits per heavy atom. The molecule has 0 spiro atoms. The van der Waals surface area contributed by atoms with Crippen LogP contribution in [-0.2, 0) is 11.2 Å². The van der Waals surface area contributed by atoms with Gasteiger partial charge in [0, 0.05) is 42.1 Å². The van der Waals surface area contributed by atoms with Crippen LogP contribution < -0.4 is 5.73 Å². The highest BCUT2D eigenvalue weighted by Crippen LogP contribution is 2.38. The first-order chi connectivity index (χ1) is 14.1. The molecule has 5 rings (SSSR count). The van der Waals surface area contributed by atoms with Crippen LogP contribution in [0.2, 0.25) is 0 Å². The van der Waals surface area contributed by atoms with Crippen molar-refractivity contribution in [2.24, 2.45) is 17.6 Å². The Morgan fingerprint density at radius 1 is 1.10 bits per heavy atom. The fourth-order valence-electron chi connectivity index (χ4n) is 5.22. The third-order valence-corrected chi connectivity index (χ3v) is 6.80. The molecule has 1 aliphatic carbocycles. The molecule has 3 aromatic rings. The van der Waals surface area contributed by atoms with Crippen molar-refractivity contribution in [2.75, 3.05) is 13.1 Å². The Hall–Kier alpha value is -2.66. The fourth-order valence-corrected chi connectivity index (χ4v) is 5.22. The molecule has 3 unspecified atom stereocenters. The minimum absolute atomic E-state index is 0.210. The van der Waals surface area contributed by atoms with Crippen LogP contribution >= 0.6 is 0 Å². The van der Waals surface area contributed by atoms with Crippen LogP contribution in [0, 0.1) is 17.7 Å². The van der Waals surface area contributed by atoms with Crippen LogP contribution in [-0.4, -0.2) is 34.9 Å². The number of carbonyl (C=O) groups excluding carboxylic acids is 1.